The number of carbonyl (C=O) groups excluding carboxylic acids is 3. The van der Waals surface area contributed by atoms with Crippen LogP contribution in [0.2, 0.25) is 0 Å². The van der Waals surface area contributed by atoms with Crippen molar-refractivity contribution in [3.8, 4) is 17.2 Å². The van der Waals surface area contributed by atoms with Crippen LogP contribution >= 0.6 is 0 Å². The van der Waals surface area contributed by atoms with Gasteiger partial charge in [-0.2, -0.15) is 0 Å². The van der Waals surface area contributed by atoms with E-state index in [0.29, 0.717) is 29.3 Å². The summed E-state index contributed by atoms with van der Waals surface area (Å²) in [6, 6.07) is 27.8. The van der Waals surface area contributed by atoms with Crippen molar-refractivity contribution in [3.05, 3.63) is 91.0 Å². The average Bonchev–Trinajstić information content (AvgIpc) is 2.93. The minimum absolute atomic E-state index is 0.0255. The number of benzene rings is 4. The first kappa shape index (κ1) is 26.2. The van der Waals surface area contributed by atoms with Gasteiger partial charge in [-0.05, 0) is 54.3 Å². The molecule has 0 fully saturated rings. The van der Waals surface area contributed by atoms with E-state index in [0.717, 1.165) is 16.5 Å². The molecule has 2 amide bonds. The number of hydrogen-bond donors (Lipinski definition) is 2. The molecule has 38 heavy (non-hydrogen) atoms. The highest BCUT2D eigenvalue weighted by atomic mass is 16.5. The zero-order valence-corrected chi connectivity index (χ0v) is 20.9. The zero-order chi connectivity index (χ0) is 26.7. The maximum Gasteiger partial charge on any atom is 0.306 e. The van der Waals surface area contributed by atoms with Gasteiger partial charge in [0.25, 0.3) is 5.91 Å². The smallest absolute Gasteiger partial charge is 0.306 e. The predicted octanol–water partition coefficient (Wildman–Crippen LogP) is 5.93. The van der Waals surface area contributed by atoms with Gasteiger partial charge in [0.15, 0.2) is 6.61 Å². The molecule has 2 N–H and O–H groups in total. The van der Waals surface area contributed by atoms with Crippen LogP contribution in [0, 0.1) is 0 Å². The molecule has 4 aromatic rings. The standard InChI is InChI=1S/C30H28N2O6/c1-36-25-10-5-9-23(19-25)32-29(34)20-37-30(35)14-6-13-28(33)31-22-15-17-24(18-16-22)38-27-12-4-8-21-7-2-3-11-26(21)27/h2-5,7-12,15-19H,6,13-14,20H2,1H3,(H,31,33)(H,32,34). The van der Waals surface area contributed by atoms with E-state index < -0.39 is 18.5 Å². The summed E-state index contributed by atoms with van der Waals surface area (Å²) in [5.41, 5.74) is 1.16. The minimum atomic E-state index is -0.548. The van der Waals surface area contributed by atoms with E-state index in [1.807, 2.05) is 42.5 Å². The Kier molecular flexibility index (Phi) is 8.91. The Labute approximate surface area is 220 Å². The number of carbonyl (C=O) groups is 3. The summed E-state index contributed by atoms with van der Waals surface area (Å²) in [5.74, 6) is 0.771. The van der Waals surface area contributed by atoms with Crippen molar-refractivity contribution < 1.29 is 28.6 Å². The van der Waals surface area contributed by atoms with Crippen molar-refractivity contribution in [1.29, 1.82) is 0 Å². The van der Waals surface area contributed by atoms with Crippen LogP contribution in [0.3, 0.4) is 0 Å². The number of anilines is 2. The molecule has 0 aliphatic heterocycles. The third kappa shape index (κ3) is 7.57. The highest BCUT2D eigenvalue weighted by molar-refractivity contribution is 5.93. The summed E-state index contributed by atoms with van der Waals surface area (Å²) in [6.07, 6.45) is 0.460. The SMILES string of the molecule is COc1cccc(NC(=O)COC(=O)CCCC(=O)Nc2ccc(Oc3cccc4ccccc34)cc2)c1. The number of amides is 2. The Hall–Kier alpha value is -4.85. The van der Waals surface area contributed by atoms with Crippen LogP contribution < -0.4 is 20.1 Å². The van der Waals surface area contributed by atoms with E-state index in [1.165, 1.54) is 7.11 Å². The number of hydrogen-bond acceptors (Lipinski definition) is 6. The molecule has 8 heteroatoms. The third-order valence-electron chi connectivity index (χ3n) is 5.62. The number of rotatable bonds is 11. The van der Waals surface area contributed by atoms with Gasteiger partial charge in [-0.3, -0.25) is 14.4 Å². The third-order valence-corrected chi connectivity index (χ3v) is 5.62. The summed E-state index contributed by atoms with van der Waals surface area (Å²) < 4.78 is 16.1. The summed E-state index contributed by atoms with van der Waals surface area (Å²) in [6.45, 7) is -0.407. The molecular weight excluding hydrogens is 484 g/mol. The highest BCUT2D eigenvalue weighted by Gasteiger charge is 2.10. The topological polar surface area (TPSA) is 103 Å². The fourth-order valence-electron chi connectivity index (χ4n) is 3.75. The molecule has 4 rings (SSSR count). The molecule has 0 unspecified atom stereocenters. The fraction of sp³-hybridized carbons (Fsp3) is 0.167. The van der Waals surface area contributed by atoms with Crippen molar-refractivity contribution in [3.63, 3.8) is 0 Å². The molecule has 0 saturated carbocycles. The maximum absolute atomic E-state index is 12.3. The van der Waals surface area contributed by atoms with Gasteiger partial charge in [0, 0.05) is 35.7 Å². The Balaban J connectivity index is 1.16. The van der Waals surface area contributed by atoms with Gasteiger partial charge in [0.2, 0.25) is 5.91 Å². The lowest BCUT2D eigenvalue weighted by Gasteiger charge is -2.10. The van der Waals surface area contributed by atoms with Gasteiger partial charge in [0.05, 0.1) is 7.11 Å². The maximum atomic E-state index is 12.3. The molecule has 0 aliphatic rings. The van der Waals surface area contributed by atoms with Crippen LogP contribution in [-0.2, 0) is 19.1 Å². The predicted molar refractivity (Wildman–Crippen MR) is 146 cm³/mol. The van der Waals surface area contributed by atoms with Crippen molar-refractivity contribution in [2.24, 2.45) is 0 Å². The van der Waals surface area contributed by atoms with E-state index in [2.05, 4.69) is 10.6 Å². The molecule has 0 radical (unpaired) electrons. The summed E-state index contributed by atoms with van der Waals surface area (Å²) in [7, 11) is 1.53. The Morgan fingerprint density at radius 2 is 1.45 bits per heavy atom. The quantitative estimate of drug-likeness (QED) is 0.242. The molecule has 0 heterocycles. The molecule has 0 spiro atoms. The van der Waals surface area contributed by atoms with E-state index in [1.54, 1.807) is 48.5 Å². The molecule has 0 aromatic heterocycles. The lowest BCUT2D eigenvalue weighted by molar-refractivity contribution is -0.147. The van der Waals surface area contributed by atoms with Crippen molar-refractivity contribution in [1.82, 2.24) is 0 Å². The van der Waals surface area contributed by atoms with Gasteiger partial charge in [-0.15, -0.1) is 0 Å². The second kappa shape index (κ2) is 12.9. The Morgan fingerprint density at radius 1 is 0.711 bits per heavy atom. The first-order chi connectivity index (χ1) is 18.5. The Bertz CT molecular complexity index is 1410. The van der Waals surface area contributed by atoms with Crippen LogP contribution in [0.25, 0.3) is 10.8 Å². The molecule has 0 bridgehead atoms. The number of nitrogens with one attached hydrogen (secondary N) is 2. The van der Waals surface area contributed by atoms with Crippen molar-refractivity contribution in [2.75, 3.05) is 24.4 Å². The van der Waals surface area contributed by atoms with Gasteiger partial charge in [-0.25, -0.2) is 0 Å². The van der Waals surface area contributed by atoms with Crippen molar-refractivity contribution >= 4 is 39.9 Å². The summed E-state index contributed by atoms with van der Waals surface area (Å²) in [5, 5.41) is 7.54. The van der Waals surface area contributed by atoms with Crippen LogP contribution in [0.4, 0.5) is 11.4 Å². The number of esters is 1. The van der Waals surface area contributed by atoms with E-state index in [4.69, 9.17) is 14.2 Å². The Morgan fingerprint density at radius 3 is 2.26 bits per heavy atom. The normalized spacial score (nSPS) is 10.4. The number of ether oxygens (including phenoxy) is 3. The highest BCUT2D eigenvalue weighted by Crippen LogP contribution is 2.30. The van der Waals surface area contributed by atoms with E-state index in [9.17, 15) is 14.4 Å². The second-order valence-corrected chi connectivity index (χ2v) is 8.45. The fourth-order valence-corrected chi connectivity index (χ4v) is 3.75. The van der Waals surface area contributed by atoms with Crippen molar-refractivity contribution in [2.45, 2.75) is 19.3 Å². The molecule has 4 aromatic carbocycles. The molecular formula is C30H28N2O6. The lowest BCUT2D eigenvalue weighted by Crippen LogP contribution is -2.21. The molecule has 8 nitrogen and oxygen atoms in total. The second-order valence-electron chi connectivity index (χ2n) is 8.45. The van der Waals surface area contributed by atoms with Gasteiger partial charge in [-0.1, -0.05) is 42.5 Å². The van der Waals surface area contributed by atoms with Gasteiger partial charge >= 0.3 is 5.97 Å². The average molecular weight is 513 g/mol. The monoisotopic (exact) mass is 512 g/mol. The number of fused-ring (bicyclic) bond motifs is 1. The molecule has 0 atom stereocenters. The minimum Gasteiger partial charge on any atom is -0.497 e. The first-order valence-corrected chi connectivity index (χ1v) is 12.2. The number of methoxy groups -OCH3 is 1. The van der Waals surface area contributed by atoms with E-state index in [-0.39, 0.29) is 18.7 Å². The molecule has 0 saturated heterocycles. The van der Waals surface area contributed by atoms with Crippen LogP contribution in [-0.4, -0.2) is 31.5 Å². The van der Waals surface area contributed by atoms with Crippen LogP contribution in [0.15, 0.2) is 91.0 Å². The summed E-state index contributed by atoms with van der Waals surface area (Å²) in [4.78, 5) is 36.2. The first-order valence-electron chi connectivity index (χ1n) is 12.2. The van der Waals surface area contributed by atoms with Gasteiger partial charge < -0.3 is 24.8 Å². The molecule has 0 aliphatic carbocycles. The lowest BCUT2D eigenvalue weighted by atomic mass is 10.1. The molecule has 194 valence electrons. The zero-order valence-electron chi connectivity index (χ0n) is 20.9. The van der Waals surface area contributed by atoms with Crippen LogP contribution in [0.5, 0.6) is 17.2 Å². The summed E-state index contributed by atoms with van der Waals surface area (Å²) >= 11 is 0. The largest absolute Gasteiger partial charge is 0.497 e. The van der Waals surface area contributed by atoms with E-state index >= 15 is 0 Å². The van der Waals surface area contributed by atoms with Gasteiger partial charge in [0.1, 0.15) is 17.2 Å². The van der Waals surface area contributed by atoms with Crippen LogP contribution in [0.1, 0.15) is 19.3 Å².